The lowest BCUT2D eigenvalue weighted by Gasteiger charge is -2.23. The molecule has 0 spiro atoms. The van der Waals surface area contributed by atoms with Crippen LogP contribution in [0.15, 0.2) is 77.8 Å². The summed E-state index contributed by atoms with van der Waals surface area (Å²) >= 11 is 1.67. The lowest BCUT2D eigenvalue weighted by Crippen LogP contribution is -2.34. The fraction of sp³-hybridized carbons (Fsp3) is 0.179. The molecule has 3 heterocycles. The molecule has 4 aromatic rings. The summed E-state index contributed by atoms with van der Waals surface area (Å²) in [6.07, 6.45) is 4.69. The smallest absolute Gasteiger partial charge is 0.257 e. The molecule has 0 saturated carbocycles. The highest BCUT2D eigenvalue weighted by atomic mass is 32.2. The quantitative estimate of drug-likeness (QED) is 0.300. The van der Waals surface area contributed by atoms with Crippen LogP contribution in [0.25, 0.3) is 11.3 Å². The van der Waals surface area contributed by atoms with E-state index < -0.39 is 0 Å². The van der Waals surface area contributed by atoms with Crippen LogP contribution in [0.3, 0.4) is 0 Å². The fourth-order valence-corrected chi connectivity index (χ4v) is 4.73. The highest BCUT2D eigenvalue weighted by Gasteiger charge is 2.30. The first-order valence-corrected chi connectivity index (χ1v) is 13.0. The van der Waals surface area contributed by atoms with Gasteiger partial charge in [-0.1, -0.05) is 30.3 Å². The van der Waals surface area contributed by atoms with Crippen molar-refractivity contribution < 1.29 is 9.59 Å². The Morgan fingerprint density at radius 1 is 1.11 bits per heavy atom. The van der Waals surface area contributed by atoms with Gasteiger partial charge in [0.2, 0.25) is 5.91 Å². The van der Waals surface area contributed by atoms with Gasteiger partial charge in [-0.3, -0.25) is 9.59 Å². The van der Waals surface area contributed by atoms with Gasteiger partial charge in [0.05, 0.1) is 23.4 Å². The Hall–Kier alpha value is -4.04. The maximum absolute atomic E-state index is 13.1. The van der Waals surface area contributed by atoms with Gasteiger partial charge in [0.25, 0.3) is 5.91 Å². The first-order chi connectivity index (χ1) is 17.5. The number of amides is 2. The Morgan fingerprint density at radius 3 is 2.64 bits per heavy atom. The van der Waals surface area contributed by atoms with E-state index >= 15 is 0 Å². The first-order valence-electron chi connectivity index (χ1n) is 11.7. The van der Waals surface area contributed by atoms with Crippen molar-refractivity contribution in [1.29, 1.82) is 0 Å². The van der Waals surface area contributed by atoms with Crippen molar-refractivity contribution in [3.63, 3.8) is 0 Å². The number of aromatic amines is 1. The van der Waals surface area contributed by atoms with Crippen molar-refractivity contribution in [1.82, 2.24) is 14.9 Å². The molecule has 0 radical (unpaired) electrons. The Balaban J connectivity index is 1.43. The van der Waals surface area contributed by atoms with Crippen molar-refractivity contribution in [2.45, 2.75) is 17.7 Å². The van der Waals surface area contributed by atoms with Gasteiger partial charge in [0.15, 0.2) is 0 Å². The number of pyridine rings is 1. The van der Waals surface area contributed by atoms with Gasteiger partial charge < -0.3 is 20.5 Å². The molecule has 7 nitrogen and oxygen atoms in total. The zero-order valence-corrected chi connectivity index (χ0v) is 21.0. The summed E-state index contributed by atoms with van der Waals surface area (Å²) in [5, 5.41) is 6.36. The molecule has 0 saturated heterocycles. The van der Waals surface area contributed by atoms with E-state index in [4.69, 9.17) is 0 Å². The predicted octanol–water partition coefficient (Wildman–Crippen LogP) is 5.35. The normalized spacial score (nSPS) is 12.8. The molecule has 2 aromatic heterocycles. The third-order valence-corrected chi connectivity index (χ3v) is 6.96. The summed E-state index contributed by atoms with van der Waals surface area (Å²) in [6, 6.07) is 21.4. The van der Waals surface area contributed by atoms with Crippen molar-refractivity contribution in [2.75, 3.05) is 30.5 Å². The van der Waals surface area contributed by atoms with Gasteiger partial charge in [0, 0.05) is 48.1 Å². The third kappa shape index (κ3) is 4.99. The van der Waals surface area contributed by atoms with E-state index in [-0.39, 0.29) is 18.2 Å². The topological polar surface area (TPSA) is 90.1 Å². The van der Waals surface area contributed by atoms with Crippen molar-refractivity contribution >= 4 is 40.8 Å². The van der Waals surface area contributed by atoms with E-state index in [2.05, 4.69) is 20.6 Å². The molecule has 8 heteroatoms. The maximum atomic E-state index is 13.1. The zero-order chi connectivity index (χ0) is 25.1. The molecule has 0 bridgehead atoms. The van der Waals surface area contributed by atoms with Crippen LogP contribution in [0.4, 0.5) is 17.2 Å². The number of H-pyrrole nitrogens is 1. The zero-order valence-electron chi connectivity index (χ0n) is 20.2. The lowest BCUT2D eigenvalue weighted by atomic mass is 10.0. The number of benzene rings is 2. The van der Waals surface area contributed by atoms with Crippen LogP contribution in [0.5, 0.6) is 0 Å². The summed E-state index contributed by atoms with van der Waals surface area (Å²) < 4.78 is 0. The van der Waals surface area contributed by atoms with E-state index in [0.29, 0.717) is 17.9 Å². The van der Waals surface area contributed by atoms with E-state index in [0.717, 1.165) is 45.2 Å². The van der Waals surface area contributed by atoms with Crippen LogP contribution in [-0.2, 0) is 17.6 Å². The lowest BCUT2D eigenvalue weighted by molar-refractivity contribution is -0.115. The number of carbonyl (C=O) groups is 2. The molecule has 0 aliphatic carbocycles. The summed E-state index contributed by atoms with van der Waals surface area (Å²) in [7, 11) is 1.82. The van der Waals surface area contributed by atoms with Gasteiger partial charge >= 0.3 is 0 Å². The number of fused-ring (bicyclic) bond motifs is 1. The minimum absolute atomic E-state index is 0.0211. The number of aromatic nitrogens is 2. The summed E-state index contributed by atoms with van der Waals surface area (Å²) in [6.45, 7) is 0.659. The average Bonchev–Trinajstić information content (AvgIpc) is 3.26. The minimum atomic E-state index is -0.137. The second kappa shape index (κ2) is 10.3. The van der Waals surface area contributed by atoms with Crippen LogP contribution < -0.4 is 10.6 Å². The molecule has 2 amide bonds. The second-order valence-electron chi connectivity index (χ2n) is 8.70. The summed E-state index contributed by atoms with van der Waals surface area (Å²) in [5.41, 5.74) is 5.73. The highest BCUT2D eigenvalue weighted by molar-refractivity contribution is 7.98. The Bertz CT molecular complexity index is 1400. The van der Waals surface area contributed by atoms with Crippen LogP contribution in [0.2, 0.25) is 0 Å². The minimum Gasteiger partial charge on any atom is -0.356 e. The monoisotopic (exact) mass is 497 g/mol. The van der Waals surface area contributed by atoms with E-state index in [1.54, 1.807) is 22.9 Å². The summed E-state index contributed by atoms with van der Waals surface area (Å²) in [4.78, 5) is 36.5. The molecule has 0 unspecified atom stereocenters. The number of thioether (sulfide) groups is 1. The van der Waals surface area contributed by atoms with Crippen LogP contribution in [-0.4, -0.2) is 46.5 Å². The molecule has 2 aromatic carbocycles. The predicted molar refractivity (Wildman–Crippen MR) is 145 cm³/mol. The SMILES string of the molecule is CSc1ccc(CC(=O)Nc2cc(-c3[nH]c4c(c3Nc3ccccc3)C(=O)N(C)CC4)ccn2)cc1. The number of nitrogens with one attached hydrogen (secondary N) is 3. The van der Waals surface area contributed by atoms with Crippen LogP contribution in [0.1, 0.15) is 21.6 Å². The van der Waals surface area contributed by atoms with Gasteiger partial charge in [-0.05, 0) is 48.2 Å². The standard InChI is InChI=1S/C28H27N5O2S/c1-33-15-13-22-25(28(33)35)27(30-20-6-4-3-5-7-20)26(31-22)19-12-14-29-23(17-19)32-24(34)16-18-8-10-21(36-2)11-9-18/h3-12,14,17,30-31H,13,15-16H2,1-2H3,(H,29,32,34). The number of carbonyl (C=O) groups excluding carboxylic acids is 2. The van der Waals surface area contributed by atoms with Gasteiger partial charge in [-0.2, -0.15) is 0 Å². The molecule has 1 aliphatic heterocycles. The van der Waals surface area contributed by atoms with Gasteiger partial charge in [-0.25, -0.2) is 4.98 Å². The van der Waals surface area contributed by atoms with E-state index in [9.17, 15) is 9.59 Å². The first kappa shape index (κ1) is 23.7. The largest absolute Gasteiger partial charge is 0.356 e. The molecular formula is C28H27N5O2S. The Labute approximate surface area is 214 Å². The molecule has 1 aliphatic rings. The number of hydrogen-bond donors (Lipinski definition) is 3. The van der Waals surface area contributed by atoms with E-state index in [1.807, 2.05) is 80.0 Å². The second-order valence-corrected chi connectivity index (χ2v) is 9.58. The molecule has 0 atom stereocenters. The molecule has 5 rings (SSSR count). The Kier molecular flexibility index (Phi) is 6.77. The Morgan fingerprint density at radius 2 is 1.89 bits per heavy atom. The molecule has 182 valence electrons. The van der Waals surface area contributed by atoms with Crippen LogP contribution in [0, 0.1) is 0 Å². The van der Waals surface area contributed by atoms with Crippen molar-refractivity contribution in [3.05, 3.63) is 89.7 Å². The number of hydrogen-bond acceptors (Lipinski definition) is 5. The van der Waals surface area contributed by atoms with Gasteiger partial charge in [0.1, 0.15) is 5.82 Å². The number of anilines is 3. The number of likely N-dealkylation sites (N-methyl/N-ethyl adjacent to an activating group) is 1. The maximum Gasteiger partial charge on any atom is 0.257 e. The van der Waals surface area contributed by atoms with Crippen molar-refractivity contribution in [3.8, 4) is 11.3 Å². The van der Waals surface area contributed by atoms with E-state index in [1.165, 1.54) is 0 Å². The van der Waals surface area contributed by atoms with Crippen molar-refractivity contribution in [2.24, 2.45) is 0 Å². The molecule has 3 N–H and O–H groups in total. The molecule has 36 heavy (non-hydrogen) atoms. The molecule has 0 fully saturated rings. The molecular weight excluding hydrogens is 470 g/mol. The van der Waals surface area contributed by atoms with Gasteiger partial charge in [-0.15, -0.1) is 11.8 Å². The summed E-state index contributed by atoms with van der Waals surface area (Å²) in [5.74, 6) is 0.300. The number of nitrogens with zero attached hydrogens (tertiary/aromatic N) is 2. The highest BCUT2D eigenvalue weighted by Crippen LogP contribution is 2.38. The van der Waals surface area contributed by atoms with Crippen LogP contribution >= 0.6 is 11.8 Å². The fourth-order valence-electron chi connectivity index (χ4n) is 4.32. The average molecular weight is 498 g/mol. The number of para-hydroxylation sites is 1. The number of rotatable bonds is 7. The third-order valence-electron chi connectivity index (χ3n) is 6.22.